The van der Waals surface area contributed by atoms with Gasteiger partial charge in [-0.2, -0.15) is 0 Å². The first kappa shape index (κ1) is 23.8. The molecule has 0 bridgehead atoms. The fourth-order valence-corrected chi connectivity index (χ4v) is 3.35. The maximum absolute atomic E-state index is 13.0. The molecule has 0 saturated heterocycles. The van der Waals surface area contributed by atoms with Gasteiger partial charge in [0.25, 0.3) is 0 Å². The Morgan fingerprint density at radius 2 is 1.61 bits per heavy atom. The fourth-order valence-electron chi connectivity index (χ4n) is 2.70. The molecular weight excluding hydrogens is 416 g/mol. The molecule has 1 atom stereocenters. The van der Waals surface area contributed by atoms with Crippen molar-refractivity contribution in [3.05, 3.63) is 87.6 Å². The van der Waals surface area contributed by atoms with E-state index >= 15 is 0 Å². The highest BCUT2D eigenvalue weighted by Gasteiger charge is 2.20. The summed E-state index contributed by atoms with van der Waals surface area (Å²) in [5.41, 5.74) is 4.01. The number of hydrogen-bond donors (Lipinski definition) is 4. The first-order chi connectivity index (χ1) is 14.8. The van der Waals surface area contributed by atoms with Crippen LogP contribution in [0.5, 0.6) is 0 Å². The fraction of sp³-hybridized carbons (Fsp3) is 0.174. The lowest BCUT2D eigenvalue weighted by Crippen LogP contribution is -2.32. The van der Waals surface area contributed by atoms with Crippen molar-refractivity contribution < 1.29 is 24.6 Å². The number of carbonyl (C=O) groups is 3. The molecular formula is C23H24N2O5S. The summed E-state index contributed by atoms with van der Waals surface area (Å²) in [6, 6.07) is 19.6. The Morgan fingerprint density at radius 1 is 0.935 bits per heavy atom. The highest BCUT2D eigenvalue weighted by Crippen LogP contribution is 2.21. The van der Waals surface area contributed by atoms with Crippen LogP contribution in [0.25, 0.3) is 0 Å². The quantitative estimate of drug-likeness (QED) is 0.431. The molecule has 3 aromatic rings. The van der Waals surface area contributed by atoms with Crippen molar-refractivity contribution in [3.8, 4) is 0 Å². The van der Waals surface area contributed by atoms with E-state index in [0.29, 0.717) is 6.54 Å². The van der Waals surface area contributed by atoms with E-state index in [1.807, 2.05) is 67.8 Å². The Balaban J connectivity index is 0.000000501. The van der Waals surface area contributed by atoms with Crippen molar-refractivity contribution in [1.82, 2.24) is 5.32 Å². The van der Waals surface area contributed by atoms with E-state index in [1.54, 1.807) is 11.3 Å². The molecule has 0 aliphatic carbocycles. The van der Waals surface area contributed by atoms with Gasteiger partial charge < -0.3 is 15.5 Å². The molecule has 1 aromatic heterocycles. The summed E-state index contributed by atoms with van der Waals surface area (Å²) in [6.45, 7) is 4.70. The maximum atomic E-state index is 13.0. The predicted molar refractivity (Wildman–Crippen MR) is 120 cm³/mol. The molecule has 162 valence electrons. The van der Waals surface area contributed by atoms with Crippen molar-refractivity contribution in [1.29, 1.82) is 0 Å². The average Bonchev–Trinajstić information content (AvgIpc) is 3.26. The van der Waals surface area contributed by atoms with Crippen LogP contribution >= 0.6 is 11.3 Å². The summed E-state index contributed by atoms with van der Waals surface area (Å²) in [5, 5.41) is 23.3. The van der Waals surface area contributed by atoms with Crippen LogP contribution in [0.2, 0.25) is 0 Å². The van der Waals surface area contributed by atoms with Crippen molar-refractivity contribution in [2.45, 2.75) is 26.4 Å². The number of carboxylic acid groups (broad SMARTS) is 2. The van der Waals surface area contributed by atoms with Gasteiger partial charge in [-0.1, -0.05) is 48.5 Å². The van der Waals surface area contributed by atoms with Crippen LogP contribution < -0.4 is 10.6 Å². The van der Waals surface area contributed by atoms with E-state index in [-0.39, 0.29) is 5.91 Å². The summed E-state index contributed by atoms with van der Waals surface area (Å²) in [7, 11) is 0. The zero-order valence-electron chi connectivity index (χ0n) is 17.2. The summed E-state index contributed by atoms with van der Waals surface area (Å²) in [6.07, 6.45) is 0. The Morgan fingerprint density at radius 3 is 2.19 bits per heavy atom. The molecule has 0 saturated carbocycles. The second kappa shape index (κ2) is 11.6. The molecule has 2 aromatic carbocycles. The average molecular weight is 441 g/mol. The van der Waals surface area contributed by atoms with Gasteiger partial charge in [0.1, 0.15) is 6.04 Å². The second-order valence-corrected chi connectivity index (χ2v) is 7.75. The van der Waals surface area contributed by atoms with Crippen molar-refractivity contribution in [2.24, 2.45) is 0 Å². The van der Waals surface area contributed by atoms with Crippen LogP contribution in [-0.4, -0.2) is 28.1 Å². The van der Waals surface area contributed by atoms with Crippen molar-refractivity contribution in [2.75, 3.05) is 5.32 Å². The normalized spacial score (nSPS) is 11.0. The maximum Gasteiger partial charge on any atom is 0.414 e. The van der Waals surface area contributed by atoms with E-state index in [1.165, 1.54) is 4.88 Å². The number of anilines is 1. The first-order valence-corrected chi connectivity index (χ1v) is 10.3. The topological polar surface area (TPSA) is 116 Å². The van der Waals surface area contributed by atoms with Gasteiger partial charge in [0.2, 0.25) is 5.91 Å². The third-order valence-corrected chi connectivity index (χ3v) is 5.17. The molecule has 0 aliphatic rings. The minimum absolute atomic E-state index is 0.0449. The van der Waals surface area contributed by atoms with E-state index < -0.39 is 18.0 Å². The number of carbonyl (C=O) groups excluding carboxylic acids is 1. The molecule has 8 heteroatoms. The monoisotopic (exact) mass is 440 g/mol. The highest BCUT2D eigenvalue weighted by molar-refractivity contribution is 7.09. The molecule has 1 heterocycles. The highest BCUT2D eigenvalue weighted by atomic mass is 32.1. The summed E-state index contributed by atoms with van der Waals surface area (Å²) in [5.74, 6) is -3.69. The Bertz CT molecular complexity index is 1010. The number of rotatable bonds is 6. The number of hydrogen-bond acceptors (Lipinski definition) is 5. The van der Waals surface area contributed by atoms with E-state index in [9.17, 15) is 4.79 Å². The van der Waals surface area contributed by atoms with Crippen LogP contribution in [0.3, 0.4) is 0 Å². The van der Waals surface area contributed by atoms with Gasteiger partial charge in [0.05, 0.1) is 0 Å². The van der Waals surface area contributed by atoms with E-state index in [2.05, 4.69) is 22.8 Å². The van der Waals surface area contributed by atoms with Crippen molar-refractivity contribution >= 4 is 34.9 Å². The Hall–Kier alpha value is -3.49. The lowest BCUT2D eigenvalue weighted by molar-refractivity contribution is -0.159. The lowest BCUT2D eigenvalue weighted by atomic mass is 10.1. The standard InChI is InChI=1S/C21H22N2OS.C2H2O4/c1-15-10-11-16(2)19(13-15)23-21(24)20(17-7-4-3-5-8-17)22-14-18-9-6-12-25-18;3-1(4)2(5)6/h3-13,20,22H,14H2,1-2H3,(H,23,24);(H,3,4)(H,5,6). The third-order valence-electron chi connectivity index (χ3n) is 4.29. The number of carboxylic acids is 2. The number of aliphatic carboxylic acids is 2. The Labute approximate surface area is 184 Å². The lowest BCUT2D eigenvalue weighted by Gasteiger charge is -2.19. The van der Waals surface area contributed by atoms with E-state index in [0.717, 1.165) is 22.4 Å². The zero-order valence-corrected chi connectivity index (χ0v) is 18.0. The van der Waals surface area contributed by atoms with Gasteiger partial charge in [-0.15, -0.1) is 11.3 Å². The first-order valence-electron chi connectivity index (χ1n) is 9.43. The minimum Gasteiger partial charge on any atom is -0.473 e. The molecule has 31 heavy (non-hydrogen) atoms. The predicted octanol–water partition coefficient (Wildman–Crippen LogP) is 3.99. The van der Waals surface area contributed by atoms with Crippen LogP contribution in [0.4, 0.5) is 5.69 Å². The number of thiophene rings is 1. The van der Waals surface area contributed by atoms with Crippen LogP contribution in [0.1, 0.15) is 27.6 Å². The number of amides is 1. The summed E-state index contributed by atoms with van der Waals surface area (Å²) >= 11 is 1.69. The molecule has 7 nitrogen and oxygen atoms in total. The summed E-state index contributed by atoms with van der Waals surface area (Å²) in [4.78, 5) is 32.4. The molecule has 0 spiro atoms. The van der Waals surface area contributed by atoms with Gasteiger partial charge in [0.15, 0.2) is 0 Å². The molecule has 4 N–H and O–H groups in total. The zero-order chi connectivity index (χ0) is 22.8. The molecule has 1 unspecified atom stereocenters. The largest absolute Gasteiger partial charge is 0.473 e. The van der Waals surface area contributed by atoms with Gasteiger partial charge in [-0.3, -0.25) is 10.1 Å². The molecule has 1 amide bonds. The smallest absolute Gasteiger partial charge is 0.414 e. The number of aryl methyl sites for hydroxylation is 2. The second-order valence-electron chi connectivity index (χ2n) is 6.72. The van der Waals surface area contributed by atoms with Gasteiger partial charge in [-0.05, 0) is 48.1 Å². The Kier molecular flexibility index (Phi) is 8.93. The van der Waals surface area contributed by atoms with Gasteiger partial charge in [-0.25, -0.2) is 9.59 Å². The minimum atomic E-state index is -1.82. The molecule has 0 radical (unpaired) electrons. The SMILES string of the molecule is Cc1ccc(C)c(NC(=O)C(NCc2cccs2)c2ccccc2)c1.O=C(O)C(=O)O. The van der Waals surface area contributed by atoms with Crippen LogP contribution in [-0.2, 0) is 20.9 Å². The summed E-state index contributed by atoms with van der Waals surface area (Å²) < 4.78 is 0. The van der Waals surface area contributed by atoms with Crippen LogP contribution in [0, 0.1) is 13.8 Å². The van der Waals surface area contributed by atoms with E-state index in [4.69, 9.17) is 19.8 Å². The van der Waals surface area contributed by atoms with Crippen molar-refractivity contribution in [3.63, 3.8) is 0 Å². The van der Waals surface area contributed by atoms with Crippen LogP contribution in [0.15, 0.2) is 66.0 Å². The third kappa shape index (κ3) is 7.69. The van der Waals surface area contributed by atoms with Gasteiger partial charge in [0, 0.05) is 17.1 Å². The van der Waals surface area contributed by atoms with Gasteiger partial charge >= 0.3 is 11.9 Å². The molecule has 0 fully saturated rings. The number of nitrogens with one attached hydrogen (secondary N) is 2. The molecule has 0 aliphatic heterocycles. The number of benzene rings is 2. The molecule has 3 rings (SSSR count).